The third-order valence-corrected chi connectivity index (χ3v) is 23.5. The van der Waals surface area contributed by atoms with Gasteiger partial charge in [0, 0.05) is 0 Å². The predicted molar refractivity (Wildman–Crippen MR) is 163 cm³/mol. The average Bonchev–Trinajstić information content (AvgIpc) is 3.42. The van der Waals surface area contributed by atoms with Gasteiger partial charge in [0.05, 0.1) is 0 Å². The fraction of sp³-hybridized carbons (Fsp3) is 0.212. The fourth-order valence-electron chi connectivity index (χ4n) is 6.64. The van der Waals surface area contributed by atoms with Crippen LogP contribution >= 0.6 is 17.0 Å². The van der Waals surface area contributed by atoms with Crippen LogP contribution in [-0.2, 0) is 17.9 Å². The first-order valence-electron chi connectivity index (χ1n) is 13.1. The van der Waals surface area contributed by atoms with Gasteiger partial charge in [0.1, 0.15) is 0 Å². The molecule has 0 saturated carbocycles. The summed E-state index contributed by atoms with van der Waals surface area (Å²) in [5.41, 5.74) is 16.2. The van der Waals surface area contributed by atoms with E-state index in [1.54, 1.807) is 0 Å². The predicted octanol–water partition coefficient (Wildman–Crippen LogP) is 7.24. The molecule has 0 N–H and O–H groups in total. The van der Waals surface area contributed by atoms with Crippen LogP contribution in [0.3, 0.4) is 0 Å². The van der Waals surface area contributed by atoms with Gasteiger partial charge in [-0.2, -0.15) is 0 Å². The van der Waals surface area contributed by atoms with Gasteiger partial charge in [-0.3, -0.25) is 0 Å². The molecule has 0 aromatic heterocycles. The van der Waals surface area contributed by atoms with Crippen molar-refractivity contribution in [3.05, 3.63) is 105 Å². The molecule has 1 heterocycles. The van der Waals surface area contributed by atoms with Crippen molar-refractivity contribution in [2.75, 3.05) is 0 Å². The minimum absolute atomic E-state index is 0.115. The van der Waals surface area contributed by atoms with Crippen molar-refractivity contribution in [1.29, 1.82) is 0 Å². The standard InChI is InChI=1S/C21H23.C12H9Si.2ClH.Zr/c1-12-9-18-8-7-13(2)21(20(18)10-12)19-11-14(3)15(4)16(5)17(19)6;1-3-7-11-9(5-1)10-6-2-4-8-12(10)13-11;;;/h7-11H,1-6H3;1-7H,13H2;2*1H;/q;;;;+2/p-2. The summed E-state index contributed by atoms with van der Waals surface area (Å²) in [6.07, 6.45) is 2.39. The molecule has 4 heteroatoms. The number of rotatable bonds is 3. The van der Waals surface area contributed by atoms with Gasteiger partial charge in [-0.05, 0) is 0 Å². The van der Waals surface area contributed by atoms with Crippen molar-refractivity contribution >= 4 is 46.3 Å². The normalized spacial score (nSPS) is 16.5. The Hall–Kier alpha value is -1.70. The summed E-state index contributed by atoms with van der Waals surface area (Å²) in [5.74, 6) is 0. The molecule has 0 radical (unpaired) electrons. The van der Waals surface area contributed by atoms with Gasteiger partial charge in [-0.15, -0.1) is 0 Å². The summed E-state index contributed by atoms with van der Waals surface area (Å²) >= 11 is -3.90. The second-order valence-electron chi connectivity index (χ2n) is 11.0. The number of fused-ring (bicyclic) bond motifs is 4. The van der Waals surface area contributed by atoms with Crippen LogP contribution in [0.25, 0.3) is 28.3 Å². The van der Waals surface area contributed by atoms with Crippen molar-refractivity contribution in [3.8, 4) is 22.3 Å². The van der Waals surface area contributed by atoms with Crippen LogP contribution in [0.2, 0.25) is 0 Å². The molecule has 37 heavy (non-hydrogen) atoms. The average molecular weight is 619 g/mol. The molecule has 1 aliphatic heterocycles. The first kappa shape index (κ1) is 25.6. The molecular formula is C33H32Cl2SiZr. The van der Waals surface area contributed by atoms with Gasteiger partial charge < -0.3 is 0 Å². The first-order chi connectivity index (χ1) is 17.6. The summed E-state index contributed by atoms with van der Waals surface area (Å²) in [6, 6.07) is 22.5. The summed E-state index contributed by atoms with van der Waals surface area (Å²) in [7, 11) is 14.8. The van der Waals surface area contributed by atoms with Crippen LogP contribution in [-0.4, -0.2) is 9.52 Å². The summed E-state index contributed by atoms with van der Waals surface area (Å²) in [6.45, 7) is 13.5. The molecule has 0 spiro atoms. The zero-order valence-corrected chi connectivity index (χ0v) is 27.8. The number of benzene rings is 4. The number of hydrogen-bond donors (Lipinski definition) is 0. The zero-order valence-electron chi connectivity index (χ0n) is 22.4. The van der Waals surface area contributed by atoms with Crippen molar-refractivity contribution in [2.24, 2.45) is 0 Å². The van der Waals surface area contributed by atoms with Crippen molar-refractivity contribution in [3.63, 3.8) is 0 Å². The van der Waals surface area contributed by atoms with E-state index in [1.165, 1.54) is 80.4 Å². The SMILES string of the molecule is CC1=Cc2c(ccc(C)c2-c2cc(C)c(C)c(C)c2C)[CH]1[Zr]([Cl])([Cl])[c]1cccc2c1[SiH2]c1ccccc1-2. The molecule has 6 rings (SSSR count). The quantitative estimate of drug-likeness (QED) is 0.187. The van der Waals surface area contributed by atoms with Gasteiger partial charge in [0.2, 0.25) is 0 Å². The number of aryl methyl sites for hydroxylation is 2. The summed E-state index contributed by atoms with van der Waals surface area (Å²) < 4.78 is 1.41. The van der Waals surface area contributed by atoms with E-state index in [2.05, 4.69) is 108 Å². The van der Waals surface area contributed by atoms with Crippen LogP contribution in [0.15, 0.2) is 66.2 Å². The van der Waals surface area contributed by atoms with E-state index in [-0.39, 0.29) is 3.63 Å². The molecule has 0 saturated heterocycles. The summed E-state index contributed by atoms with van der Waals surface area (Å²) in [4.78, 5) is 0. The Morgan fingerprint density at radius 1 is 0.703 bits per heavy atom. The molecule has 2 aliphatic rings. The molecular weight excluding hydrogens is 587 g/mol. The van der Waals surface area contributed by atoms with E-state index >= 15 is 0 Å². The zero-order chi connectivity index (χ0) is 26.2. The maximum atomic E-state index is 7.71. The van der Waals surface area contributed by atoms with E-state index in [0.29, 0.717) is 0 Å². The van der Waals surface area contributed by atoms with Gasteiger partial charge in [0.15, 0.2) is 0 Å². The van der Waals surface area contributed by atoms with E-state index in [9.17, 15) is 0 Å². The Kier molecular flexibility index (Phi) is 6.36. The van der Waals surface area contributed by atoms with Crippen LogP contribution in [0.5, 0.6) is 0 Å². The van der Waals surface area contributed by atoms with Gasteiger partial charge in [-0.25, -0.2) is 0 Å². The fourth-order valence-corrected chi connectivity index (χ4v) is 23.8. The third kappa shape index (κ3) is 3.86. The van der Waals surface area contributed by atoms with Crippen molar-refractivity contribution < 1.29 is 17.9 Å². The Morgan fingerprint density at radius 2 is 1.43 bits per heavy atom. The van der Waals surface area contributed by atoms with Crippen LogP contribution in [0.4, 0.5) is 0 Å². The molecule has 1 atom stereocenters. The third-order valence-electron chi connectivity index (χ3n) is 8.95. The molecule has 4 aromatic carbocycles. The van der Waals surface area contributed by atoms with E-state index in [4.69, 9.17) is 17.0 Å². The van der Waals surface area contributed by atoms with E-state index < -0.39 is 27.4 Å². The Bertz CT molecular complexity index is 1650. The Morgan fingerprint density at radius 3 is 2.22 bits per heavy atom. The van der Waals surface area contributed by atoms with Crippen LogP contribution in [0.1, 0.15) is 49.5 Å². The molecule has 0 amide bonds. The molecule has 1 unspecified atom stereocenters. The van der Waals surface area contributed by atoms with Crippen molar-refractivity contribution in [2.45, 2.75) is 45.2 Å². The van der Waals surface area contributed by atoms with E-state index in [0.717, 1.165) is 0 Å². The molecule has 0 nitrogen and oxygen atoms in total. The molecule has 0 bridgehead atoms. The molecule has 1 aliphatic carbocycles. The number of allylic oxidation sites excluding steroid dienone is 1. The number of hydrogen-bond acceptors (Lipinski definition) is 0. The van der Waals surface area contributed by atoms with E-state index in [1.807, 2.05) is 0 Å². The van der Waals surface area contributed by atoms with Crippen LogP contribution in [0, 0.1) is 34.6 Å². The second-order valence-corrected chi connectivity index (χ2v) is 26.8. The molecule has 186 valence electrons. The summed E-state index contributed by atoms with van der Waals surface area (Å²) in [5, 5.41) is 3.00. The Balaban J connectivity index is 1.52. The molecule has 0 fully saturated rings. The van der Waals surface area contributed by atoms with Crippen molar-refractivity contribution in [1.82, 2.24) is 0 Å². The topological polar surface area (TPSA) is 0 Å². The maximum absolute atomic E-state index is 7.71. The first-order valence-corrected chi connectivity index (χ1v) is 23.5. The van der Waals surface area contributed by atoms with Gasteiger partial charge >= 0.3 is 237 Å². The second kappa shape index (κ2) is 9.20. The Labute approximate surface area is 235 Å². The minimum atomic E-state index is -3.90. The van der Waals surface area contributed by atoms with Crippen LogP contribution < -0.4 is 13.6 Å². The monoisotopic (exact) mass is 616 g/mol. The van der Waals surface area contributed by atoms with Gasteiger partial charge in [-0.1, -0.05) is 0 Å². The molecule has 4 aromatic rings. The number of halogens is 2. The van der Waals surface area contributed by atoms with Gasteiger partial charge in [0.25, 0.3) is 0 Å².